The molecule has 0 unspecified atom stereocenters. The van der Waals surface area contributed by atoms with E-state index in [1.165, 1.54) is 18.2 Å². The van der Waals surface area contributed by atoms with Crippen LogP contribution >= 0.6 is 23.2 Å². The predicted molar refractivity (Wildman–Crippen MR) is 79.3 cm³/mol. The molecule has 0 aliphatic rings. The van der Waals surface area contributed by atoms with Crippen molar-refractivity contribution in [1.29, 1.82) is 0 Å². The second kappa shape index (κ2) is 6.24. The Morgan fingerprint density at radius 1 is 1.33 bits per heavy atom. The second-order valence-corrected chi connectivity index (χ2v) is 4.98. The summed E-state index contributed by atoms with van der Waals surface area (Å²) in [4.78, 5) is 18.8. The molecule has 1 aromatic heterocycles. The average Bonchev–Trinajstić information content (AvgIpc) is 2.45. The Labute approximate surface area is 130 Å². The van der Waals surface area contributed by atoms with Crippen LogP contribution in [0.5, 0.6) is 11.6 Å². The molecule has 0 atom stereocenters. The van der Waals surface area contributed by atoms with E-state index in [2.05, 4.69) is 9.97 Å². The molecule has 110 valence electrons. The first-order valence-electron chi connectivity index (χ1n) is 6.07. The highest BCUT2D eigenvalue weighted by Crippen LogP contribution is 2.35. The van der Waals surface area contributed by atoms with Crippen LogP contribution < -0.4 is 4.74 Å². The minimum absolute atomic E-state index is 0.0457. The highest BCUT2D eigenvalue weighted by molar-refractivity contribution is 6.31. The Morgan fingerprint density at radius 2 is 2.05 bits per heavy atom. The van der Waals surface area contributed by atoms with E-state index in [0.717, 1.165) is 0 Å². The Hall–Kier alpha value is -1.92. The molecule has 0 fully saturated rings. The van der Waals surface area contributed by atoms with Crippen LogP contribution in [0.1, 0.15) is 18.3 Å². The summed E-state index contributed by atoms with van der Waals surface area (Å²) in [5.41, 5.74) is 0.271. The molecular formula is C13H11Cl2N3O3. The van der Waals surface area contributed by atoms with Gasteiger partial charge in [0.05, 0.1) is 4.92 Å². The van der Waals surface area contributed by atoms with Gasteiger partial charge in [0.1, 0.15) is 11.0 Å². The molecule has 0 aliphatic carbocycles. The van der Waals surface area contributed by atoms with Gasteiger partial charge in [0.15, 0.2) is 0 Å². The summed E-state index contributed by atoms with van der Waals surface area (Å²) in [6.45, 7) is 3.55. The monoisotopic (exact) mass is 327 g/mol. The first-order valence-corrected chi connectivity index (χ1v) is 6.82. The maximum absolute atomic E-state index is 11.0. The summed E-state index contributed by atoms with van der Waals surface area (Å²) in [7, 11) is 0. The van der Waals surface area contributed by atoms with Gasteiger partial charge in [0.2, 0.25) is 11.6 Å². The van der Waals surface area contributed by atoms with E-state index in [9.17, 15) is 10.1 Å². The van der Waals surface area contributed by atoms with Crippen molar-refractivity contribution in [3.63, 3.8) is 0 Å². The van der Waals surface area contributed by atoms with Crippen LogP contribution in [0.4, 0.5) is 5.69 Å². The average molecular weight is 328 g/mol. The van der Waals surface area contributed by atoms with E-state index in [-0.39, 0.29) is 27.5 Å². The fraction of sp³-hybridized carbons (Fsp3) is 0.231. The SMILES string of the molecule is CCc1nc(Cl)c(C)c(Oc2ccc(Cl)cc2[N+](=O)[O-])n1. The number of rotatable bonds is 4. The number of hydrogen-bond acceptors (Lipinski definition) is 5. The molecule has 1 aromatic carbocycles. The van der Waals surface area contributed by atoms with Crippen molar-refractivity contribution in [1.82, 2.24) is 9.97 Å². The van der Waals surface area contributed by atoms with Crippen LogP contribution in [0.2, 0.25) is 10.2 Å². The zero-order chi connectivity index (χ0) is 15.6. The van der Waals surface area contributed by atoms with Gasteiger partial charge in [0, 0.05) is 23.1 Å². The molecule has 2 aromatic rings. The number of nitrogens with zero attached hydrogens (tertiary/aromatic N) is 3. The van der Waals surface area contributed by atoms with Crippen molar-refractivity contribution in [2.45, 2.75) is 20.3 Å². The van der Waals surface area contributed by atoms with Crippen LogP contribution in [0.25, 0.3) is 0 Å². The highest BCUT2D eigenvalue weighted by atomic mass is 35.5. The lowest BCUT2D eigenvalue weighted by atomic mass is 10.3. The highest BCUT2D eigenvalue weighted by Gasteiger charge is 2.19. The lowest BCUT2D eigenvalue weighted by Crippen LogP contribution is -2.01. The third kappa shape index (κ3) is 3.40. The van der Waals surface area contributed by atoms with Crippen molar-refractivity contribution < 1.29 is 9.66 Å². The van der Waals surface area contributed by atoms with Crippen molar-refractivity contribution in [2.75, 3.05) is 0 Å². The van der Waals surface area contributed by atoms with E-state index >= 15 is 0 Å². The van der Waals surface area contributed by atoms with Crippen LogP contribution in [0.3, 0.4) is 0 Å². The normalized spacial score (nSPS) is 10.5. The molecule has 0 bridgehead atoms. The van der Waals surface area contributed by atoms with Gasteiger partial charge in [-0.25, -0.2) is 4.98 Å². The van der Waals surface area contributed by atoms with Crippen LogP contribution in [-0.2, 0) is 6.42 Å². The minimum Gasteiger partial charge on any atom is -0.431 e. The van der Waals surface area contributed by atoms with Gasteiger partial charge in [-0.1, -0.05) is 30.1 Å². The molecule has 8 heteroatoms. The molecule has 2 rings (SSSR count). The fourth-order valence-electron chi connectivity index (χ4n) is 1.59. The first kappa shape index (κ1) is 15.5. The maximum atomic E-state index is 11.0. The number of nitro groups is 1. The largest absolute Gasteiger partial charge is 0.431 e. The summed E-state index contributed by atoms with van der Waals surface area (Å²) < 4.78 is 5.54. The van der Waals surface area contributed by atoms with Gasteiger partial charge < -0.3 is 4.74 Å². The third-order valence-electron chi connectivity index (χ3n) is 2.73. The van der Waals surface area contributed by atoms with E-state index in [4.69, 9.17) is 27.9 Å². The molecule has 0 saturated carbocycles. The van der Waals surface area contributed by atoms with Gasteiger partial charge in [-0.2, -0.15) is 4.98 Å². The number of halogens is 2. The Kier molecular flexibility index (Phi) is 4.59. The standard InChI is InChI=1S/C13H11Cl2N3O3/c1-3-11-16-12(15)7(2)13(17-11)21-10-5-4-8(14)6-9(10)18(19)20/h4-6H,3H2,1-2H3. The van der Waals surface area contributed by atoms with E-state index in [0.29, 0.717) is 17.8 Å². The van der Waals surface area contributed by atoms with Gasteiger partial charge in [-0.05, 0) is 19.1 Å². The lowest BCUT2D eigenvalue weighted by Gasteiger charge is -2.10. The number of ether oxygens (including phenoxy) is 1. The van der Waals surface area contributed by atoms with Gasteiger partial charge in [-0.15, -0.1) is 0 Å². The van der Waals surface area contributed by atoms with Crippen LogP contribution in [0.15, 0.2) is 18.2 Å². The van der Waals surface area contributed by atoms with Crippen molar-refractivity contribution in [2.24, 2.45) is 0 Å². The molecule has 0 N–H and O–H groups in total. The number of aryl methyl sites for hydroxylation is 1. The van der Waals surface area contributed by atoms with Gasteiger partial charge >= 0.3 is 5.69 Å². The molecule has 21 heavy (non-hydrogen) atoms. The Morgan fingerprint density at radius 3 is 2.67 bits per heavy atom. The molecular weight excluding hydrogens is 317 g/mol. The smallest absolute Gasteiger partial charge is 0.313 e. The van der Waals surface area contributed by atoms with E-state index in [1.807, 2.05) is 6.92 Å². The first-order chi connectivity index (χ1) is 9.92. The fourth-order valence-corrected chi connectivity index (χ4v) is 1.94. The van der Waals surface area contributed by atoms with Crippen LogP contribution in [0, 0.1) is 17.0 Å². The van der Waals surface area contributed by atoms with E-state index < -0.39 is 4.92 Å². The summed E-state index contributed by atoms with van der Waals surface area (Å²) in [5.74, 6) is 0.735. The second-order valence-electron chi connectivity index (χ2n) is 4.19. The van der Waals surface area contributed by atoms with Crippen molar-refractivity contribution >= 4 is 28.9 Å². The number of aromatic nitrogens is 2. The van der Waals surface area contributed by atoms with Crippen molar-refractivity contribution in [3.05, 3.63) is 49.9 Å². The number of hydrogen-bond donors (Lipinski definition) is 0. The molecule has 0 spiro atoms. The number of nitro benzene ring substituents is 1. The molecule has 0 saturated heterocycles. The van der Waals surface area contributed by atoms with Crippen molar-refractivity contribution in [3.8, 4) is 11.6 Å². The summed E-state index contributed by atoms with van der Waals surface area (Å²) in [6, 6.07) is 4.14. The topological polar surface area (TPSA) is 78.2 Å². The van der Waals surface area contributed by atoms with Gasteiger partial charge in [0.25, 0.3) is 0 Å². The molecule has 0 aliphatic heterocycles. The Bertz CT molecular complexity index is 707. The quantitative estimate of drug-likeness (QED) is 0.473. The number of benzene rings is 1. The zero-order valence-electron chi connectivity index (χ0n) is 11.3. The lowest BCUT2D eigenvalue weighted by molar-refractivity contribution is -0.385. The van der Waals surface area contributed by atoms with E-state index in [1.54, 1.807) is 6.92 Å². The molecule has 1 heterocycles. The van der Waals surface area contributed by atoms with Gasteiger partial charge in [-0.3, -0.25) is 10.1 Å². The third-order valence-corrected chi connectivity index (χ3v) is 3.33. The maximum Gasteiger partial charge on any atom is 0.313 e. The van der Waals surface area contributed by atoms with Crippen LogP contribution in [-0.4, -0.2) is 14.9 Å². The zero-order valence-corrected chi connectivity index (χ0v) is 12.8. The molecule has 0 amide bonds. The molecule has 6 nitrogen and oxygen atoms in total. The summed E-state index contributed by atoms with van der Waals surface area (Å²) >= 11 is 11.8. The minimum atomic E-state index is -0.569. The Balaban J connectivity index is 2.48. The summed E-state index contributed by atoms with van der Waals surface area (Å²) in [6.07, 6.45) is 0.569. The predicted octanol–water partition coefficient (Wildman–Crippen LogP) is 4.35. The summed E-state index contributed by atoms with van der Waals surface area (Å²) in [5, 5.41) is 11.6. The molecule has 0 radical (unpaired) electrons.